The minimum absolute atomic E-state index is 0.00111. The lowest BCUT2D eigenvalue weighted by atomic mass is 9.98. The van der Waals surface area contributed by atoms with E-state index in [-0.39, 0.29) is 146 Å². The van der Waals surface area contributed by atoms with Crippen molar-refractivity contribution in [1.29, 1.82) is 5.39 Å². The standard InChI is InChI=1S/C87H82N23O15P/c1-5-110(6-2,7-3)125-126(124-72-41-75(107-47-54(4)84(115)109(87(107)117)85(116)70-27-17-12-22-65(70)46-98-106-92)122-73(72)51-118-48-55-28-34-58(35-29-55)78(111)66-23-13-8-18-61(66)42-94-102-88)121-52-74-71(119-49-56-30-36-59(37-31-56)79(112)67-24-14-9-19-62(67)43-95-103-89)40-76(123-74)108-53-93-77-81(108)99-86(100-82(114)69-26-16-11-21-64(69)45-97-105-91)101-83(77)120-50-57-32-38-60(39-33-57)80(113)68-25-15-10-20-63(68)44-96-104-90/h8-39,47,53,71-76H,5-7,40-46,48-52H2,1-4H3/q+1/p+1/t71-,72-,73+,74+,75+,76+,126?/m0/s1. The monoisotopic (exact) mass is 1720 g/mol. The molecular weight excluding hydrogens is 1640 g/mol. The molecule has 1 radical (unpaired) electrons. The Hall–Kier alpha value is -14.5. The Balaban J connectivity index is 0.839. The molecule has 11 aromatic rings. The highest BCUT2D eigenvalue weighted by atomic mass is 31.2. The van der Waals surface area contributed by atoms with Crippen LogP contribution in [0.3, 0.4) is 0 Å². The summed E-state index contributed by atoms with van der Waals surface area (Å²) in [7, 11) is -2.55. The maximum Gasteiger partial charge on any atom is 0.392 e. The minimum atomic E-state index is -2.55. The van der Waals surface area contributed by atoms with E-state index in [2.05, 4.69) is 60.6 Å². The first-order valence-corrected chi connectivity index (χ1v) is 41.0. The Bertz CT molecular complexity index is 6250. The van der Waals surface area contributed by atoms with Crippen molar-refractivity contribution in [3.8, 4) is 5.88 Å². The Morgan fingerprint density at radius 1 is 0.556 bits per heavy atom. The molecule has 2 aliphatic rings. The quantitative estimate of drug-likeness (QED) is 0.00355. The highest BCUT2D eigenvalue weighted by molar-refractivity contribution is 7.41. The Morgan fingerprint density at radius 2 is 1.00 bits per heavy atom. The SMILES string of the molecule is CC[N+](CC)(CC)OP(OC[C@H]1O[C@@H](n2cnc3c(OCc4ccc(C(=O)c5ccccc5CN=[N+]=[N-])cc4)nc(N=C(O)c4ccccc4CN=[N+]=[N-])nc32)C[C@@H]1OCc1ccc(C(=O)c2ccccc2CN=[N+]=[N-])cc1)O[C@H]1C[C@H](n2cc(C)c(=O)n(C(=O)c3ccccc3CN=[N+]=[N-])c2=O)O[C@@H]1COCc1ccc(C(=O)c2ccccc2C[N][N+]#N)cc1. The number of ether oxygens (including phenoxy) is 5. The lowest BCUT2D eigenvalue weighted by Crippen LogP contribution is -2.46. The Kier molecular flexibility index (Phi) is 30.1. The van der Waals surface area contributed by atoms with Gasteiger partial charge in [0.1, 0.15) is 56.3 Å². The molecule has 3 aromatic heterocycles. The predicted molar refractivity (Wildman–Crippen MR) is 458 cm³/mol. The van der Waals surface area contributed by atoms with Crippen LogP contribution in [-0.2, 0) is 85.2 Å². The molecule has 0 bridgehead atoms. The second-order valence-electron chi connectivity index (χ2n) is 29.0. The number of benzene rings is 8. The van der Waals surface area contributed by atoms with Gasteiger partial charge in [0.05, 0.1) is 71.1 Å². The van der Waals surface area contributed by atoms with Crippen molar-refractivity contribution in [3.63, 3.8) is 0 Å². The maximum atomic E-state index is 15.0. The first-order valence-electron chi connectivity index (χ1n) is 39.9. The molecule has 5 heterocycles. The fourth-order valence-corrected chi connectivity index (χ4v) is 16.0. The summed E-state index contributed by atoms with van der Waals surface area (Å²) in [6.45, 7) is 7.40. The fraction of sp³-hybridized carbons (Fsp3) is 0.287. The number of aliphatic hydroxyl groups excluding tert-OH is 1. The van der Waals surface area contributed by atoms with Crippen LogP contribution in [0.1, 0.15) is 160 Å². The number of quaternary nitrogens is 1. The number of aryl methyl sites for hydroxylation is 1. The molecule has 639 valence electrons. The van der Waals surface area contributed by atoms with Gasteiger partial charge >= 0.3 is 19.4 Å². The van der Waals surface area contributed by atoms with E-state index in [1.807, 2.05) is 20.8 Å². The van der Waals surface area contributed by atoms with Gasteiger partial charge < -0.3 is 37.8 Å². The zero-order chi connectivity index (χ0) is 88.6. The van der Waals surface area contributed by atoms with Gasteiger partial charge in [0.15, 0.2) is 35.1 Å². The number of aromatic nitrogens is 6. The van der Waals surface area contributed by atoms with Crippen LogP contribution in [0.5, 0.6) is 5.88 Å². The second-order valence-corrected chi connectivity index (χ2v) is 30.1. The topological polar surface area (TPSA) is 500 Å². The van der Waals surface area contributed by atoms with Gasteiger partial charge in [-0.25, -0.2) is 9.78 Å². The van der Waals surface area contributed by atoms with Crippen LogP contribution < -0.4 is 21.4 Å². The van der Waals surface area contributed by atoms with E-state index >= 15 is 0 Å². The Labute approximate surface area is 720 Å². The third-order valence-electron chi connectivity index (χ3n) is 21.4. The summed E-state index contributed by atoms with van der Waals surface area (Å²) in [6.07, 6.45) is -3.45. The number of hydrogen-bond acceptors (Lipinski definition) is 23. The summed E-state index contributed by atoms with van der Waals surface area (Å²) < 4.78 is 58.1. The number of hydrogen-bond donors (Lipinski definition) is 1. The molecule has 8 aromatic carbocycles. The number of nitrogens with zero attached hydrogens (tertiary/aromatic N) is 23. The smallest absolute Gasteiger partial charge is 0.392 e. The number of carbonyl (C=O) groups excluding carboxylic acids is 4. The van der Waals surface area contributed by atoms with Gasteiger partial charge in [0.25, 0.3) is 22.8 Å². The molecule has 7 atom stereocenters. The van der Waals surface area contributed by atoms with Gasteiger partial charge in [0, 0.05) is 88.8 Å². The Morgan fingerprint density at radius 3 is 1.51 bits per heavy atom. The number of rotatable bonds is 41. The number of carbonyl (C=O) groups is 4. The molecule has 1 N–H and O–H groups in total. The van der Waals surface area contributed by atoms with E-state index in [0.29, 0.717) is 96.5 Å². The normalized spacial score (nSPS) is 16.3. The van der Waals surface area contributed by atoms with E-state index in [0.717, 1.165) is 4.57 Å². The summed E-state index contributed by atoms with van der Waals surface area (Å²) in [5.41, 5.74) is 45.2. The number of diazo groups is 1. The first-order chi connectivity index (χ1) is 61.4. The first kappa shape index (κ1) is 89.3. The van der Waals surface area contributed by atoms with Crippen molar-refractivity contribution in [3.05, 3.63) is 369 Å². The van der Waals surface area contributed by atoms with Gasteiger partial charge in [-0.1, -0.05) is 202 Å². The van der Waals surface area contributed by atoms with Crippen LogP contribution in [-0.4, -0.2) is 125 Å². The van der Waals surface area contributed by atoms with Gasteiger partial charge in [-0.05, 0) is 106 Å². The molecule has 0 spiro atoms. The third kappa shape index (κ3) is 21.2. The molecule has 126 heavy (non-hydrogen) atoms. The summed E-state index contributed by atoms with van der Waals surface area (Å²) in [6, 6.07) is 53.6. The number of hydroxylamine groups is 3. The van der Waals surface area contributed by atoms with E-state index < -0.39 is 68.5 Å². The average Bonchev–Trinajstić information content (AvgIpc) is 1.38. The molecule has 0 aliphatic carbocycles. The van der Waals surface area contributed by atoms with E-state index in [1.165, 1.54) is 25.5 Å². The minimum Gasteiger partial charge on any atom is -0.493 e. The molecule has 39 heteroatoms. The molecule has 2 aliphatic heterocycles. The lowest BCUT2D eigenvalue weighted by molar-refractivity contribution is -1.08. The summed E-state index contributed by atoms with van der Waals surface area (Å²) in [5.74, 6) is -2.77. The van der Waals surface area contributed by atoms with Crippen LogP contribution in [0.4, 0.5) is 5.95 Å². The summed E-state index contributed by atoms with van der Waals surface area (Å²) in [4.78, 5) is 116. The van der Waals surface area contributed by atoms with Crippen molar-refractivity contribution >= 4 is 54.9 Å². The van der Waals surface area contributed by atoms with Gasteiger partial charge in [-0.3, -0.25) is 33.1 Å². The number of azide groups is 4. The van der Waals surface area contributed by atoms with E-state index in [4.69, 9.17) is 63.8 Å². The third-order valence-corrected chi connectivity index (χ3v) is 22.7. The zero-order valence-electron chi connectivity index (χ0n) is 68.6. The molecule has 0 saturated carbocycles. The second kappa shape index (κ2) is 42.5. The van der Waals surface area contributed by atoms with Gasteiger partial charge in [-0.2, -0.15) is 24.2 Å². The number of imidazole rings is 1. The molecule has 2 saturated heterocycles. The van der Waals surface area contributed by atoms with Crippen molar-refractivity contribution in [2.24, 2.45) is 25.4 Å². The molecule has 38 nitrogen and oxygen atoms in total. The number of ketones is 3. The molecule has 1 unspecified atom stereocenters. The van der Waals surface area contributed by atoms with Gasteiger partial charge in [-0.15, -0.1) is 4.62 Å². The van der Waals surface area contributed by atoms with Crippen molar-refractivity contribution in [1.82, 2.24) is 34.1 Å². The predicted octanol–water partition coefficient (Wildman–Crippen LogP) is 16.7. The lowest BCUT2D eigenvalue weighted by Gasteiger charge is -2.35. The highest BCUT2D eigenvalue weighted by Crippen LogP contribution is 2.49. The molecule has 13 rings (SSSR count). The van der Waals surface area contributed by atoms with Crippen molar-refractivity contribution < 1.29 is 66.3 Å². The number of aliphatic imine (C=N–C) groups is 1. The van der Waals surface area contributed by atoms with Crippen LogP contribution in [0.25, 0.3) is 58.0 Å². The average molecular weight is 1720 g/mol. The van der Waals surface area contributed by atoms with E-state index in [9.17, 15) is 44.9 Å². The summed E-state index contributed by atoms with van der Waals surface area (Å²) >= 11 is 0. The van der Waals surface area contributed by atoms with Crippen molar-refractivity contribution in [2.45, 2.75) is 130 Å². The number of aliphatic hydroxyl groups is 1. The highest BCUT2D eigenvalue weighted by Gasteiger charge is 2.45. The van der Waals surface area contributed by atoms with Crippen LogP contribution in [0.2, 0.25) is 0 Å². The fourth-order valence-electron chi connectivity index (χ4n) is 14.5. The van der Waals surface area contributed by atoms with Crippen molar-refractivity contribution in [2.75, 3.05) is 32.8 Å². The van der Waals surface area contributed by atoms with Crippen LogP contribution in [0.15, 0.2) is 242 Å². The van der Waals surface area contributed by atoms with E-state index in [1.54, 1.807) is 193 Å². The summed E-state index contributed by atoms with van der Waals surface area (Å²) in [5, 5.41) is 38.4. The van der Waals surface area contributed by atoms with Gasteiger partial charge in [0.2, 0.25) is 11.8 Å². The number of fused-ring (bicyclic) bond motifs is 1. The zero-order valence-corrected chi connectivity index (χ0v) is 69.5. The molecule has 2 fully saturated rings. The largest absolute Gasteiger partial charge is 0.493 e. The van der Waals surface area contributed by atoms with Crippen LogP contribution >= 0.6 is 8.60 Å². The maximum absolute atomic E-state index is 15.0. The molecule has 0 amide bonds. The molecular formula is C87H83N23O15P+2. The van der Waals surface area contributed by atoms with Crippen LogP contribution in [0, 0.1) is 12.3 Å².